The Bertz CT molecular complexity index is 362. The van der Waals surface area contributed by atoms with E-state index in [4.69, 9.17) is 4.42 Å². The number of halogens is 1. The maximum absolute atomic E-state index is 11.3. The van der Waals surface area contributed by atoms with Crippen LogP contribution >= 0.6 is 15.9 Å². The number of furan rings is 1. The fraction of sp³-hybridized carbons (Fsp3) is 0.333. The summed E-state index contributed by atoms with van der Waals surface area (Å²) in [5, 5.41) is 0. The monoisotopic (exact) mass is 274 g/mol. The van der Waals surface area contributed by atoms with E-state index >= 15 is 0 Å². The van der Waals surface area contributed by atoms with Crippen molar-refractivity contribution < 1.29 is 14.0 Å². The van der Waals surface area contributed by atoms with Crippen LogP contribution in [0.5, 0.6) is 0 Å². The average Bonchev–Trinajstić information content (AvgIpc) is 2.62. The highest BCUT2D eigenvalue weighted by molar-refractivity contribution is 9.10. The Morgan fingerprint density at radius 2 is 2.13 bits per heavy atom. The number of hydrazine groups is 1. The van der Waals surface area contributed by atoms with E-state index in [0.29, 0.717) is 11.1 Å². The van der Waals surface area contributed by atoms with Crippen molar-refractivity contribution in [3.05, 3.63) is 22.6 Å². The van der Waals surface area contributed by atoms with E-state index in [2.05, 4.69) is 26.8 Å². The van der Waals surface area contributed by atoms with E-state index in [-0.39, 0.29) is 11.7 Å². The molecule has 1 aromatic rings. The van der Waals surface area contributed by atoms with Gasteiger partial charge in [0.25, 0.3) is 0 Å². The van der Waals surface area contributed by atoms with Crippen LogP contribution in [0.2, 0.25) is 0 Å². The molecule has 0 saturated heterocycles. The topological polar surface area (TPSA) is 71.3 Å². The van der Waals surface area contributed by atoms with E-state index in [0.717, 1.165) is 6.42 Å². The highest BCUT2D eigenvalue weighted by Gasteiger charge is 2.10. The Labute approximate surface area is 95.3 Å². The van der Waals surface area contributed by atoms with Gasteiger partial charge in [0, 0.05) is 6.42 Å². The molecule has 0 saturated carbocycles. The fourth-order valence-corrected chi connectivity index (χ4v) is 1.22. The number of carbonyl (C=O) groups is 2. The summed E-state index contributed by atoms with van der Waals surface area (Å²) >= 11 is 3.07. The number of amides is 2. The summed E-state index contributed by atoms with van der Waals surface area (Å²) in [7, 11) is 0. The molecular weight excluding hydrogens is 264 g/mol. The zero-order valence-corrected chi connectivity index (χ0v) is 9.76. The van der Waals surface area contributed by atoms with Gasteiger partial charge in [-0.3, -0.25) is 20.4 Å². The van der Waals surface area contributed by atoms with Gasteiger partial charge in [-0.2, -0.15) is 0 Å². The predicted molar refractivity (Wildman–Crippen MR) is 56.9 cm³/mol. The lowest BCUT2D eigenvalue weighted by Gasteiger charge is -2.04. The normalized spacial score (nSPS) is 9.73. The van der Waals surface area contributed by atoms with Gasteiger partial charge in [-0.15, -0.1) is 0 Å². The first-order chi connectivity index (χ1) is 7.13. The smallest absolute Gasteiger partial charge is 0.305 e. The van der Waals surface area contributed by atoms with Crippen LogP contribution < -0.4 is 10.9 Å². The van der Waals surface area contributed by atoms with Crippen molar-refractivity contribution in [2.24, 2.45) is 0 Å². The van der Waals surface area contributed by atoms with Gasteiger partial charge in [0.1, 0.15) is 0 Å². The maximum atomic E-state index is 11.3. The molecule has 1 rings (SSSR count). The summed E-state index contributed by atoms with van der Waals surface area (Å²) in [4.78, 5) is 22.3. The molecule has 0 unspecified atom stereocenters. The Morgan fingerprint density at radius 1 is 1.40 bits per heavy atom. The lowest BCUT2D eigenvalue weighted by molar-refractivity contribution is -0.121. The maximum Gasteiger partial charge on any atom is 0.305 e. The number of nitrogens with one attached hydrogen (secondary N) is 2. The first kappa shape index (κ1) is 11.8. The van der Waals surface area contributed by atoms with E-state index in [9.17, 15) is 9.59 Å². The molecule has 6 heteroatoms. The third kappa shape index (κ3) is 3.75. The summed E-state index contributed by atoms with van der Waals surface area (Å²) in [5.74, 6) is -0.569. The van der Waals surface area contributed by atoms with Crippen LogP contribution in [0.25, 0.3) is 0 Å². The molecule has 2 amide bonds. The Kier molecular flexibility index (Phi) is 4.36. The van der Waals surface area contributed by atoms with Crippen molar-refractivity contribution in [1.29, 1.82) is 0 Å². The second-order valence-electron chi connectivity index (χ2n) is 2.86. The molecule has 0 aromatic carbocycles. The highest BCUT2D eigenvalue weighted by atomic mass is 79.9. The highest BCUT2D eigenvalue weighted by Crippen LogP contribution is 2.13. The summed E-state index contributed by atoms with van der Waals surface area (Å²) in [6, 6.07) is 3.11. The molecule has 0 aliphatic carbocycles. The summed E-state index contributed by atoms with van der Waals surface area (Å²) in [6.07, 6.45) is 1.11. The molecule has 0 bridgehead atoms. The van der Waals surface area contributed by atoms with Gasteiger partial charge >= 0.3 is 5.91 Å². The molecule has 15 heavy (non-hydrogen) atoms. The molecule has 0 spiro atoms. The number of rotatable bonds is 3. The van der Waals surface area contributed by atoms with E-state index in [1.165, 1.54) is 6.07 Å². The van der Waals surface area contributed by atoms with Crippen molar-refractivity contribution in [2.75, 3.05) is 0 Å². The summed E-state index contributed by atoms with van der Waals surface area (Å²) in [6.45, 7) is 1.88. The lowest BCUT2D eigenvalue weighted by Crippen LogP contribution is -2.41. The van der Waals surface area contributed by atoms with Crippen molar-refractivity contribution in [1.82, 2.24) is 10.9 Å². The molecular formula is C9H11BrN2O3. The van der Waals surface area contributed by atoms with Crippen molar-refractivity contribution in [3.8, 4) is 0 Å². The SMILES string of the molecule is CCCC(=O)NNC(=O)c1ccc(Br)o1. The Hall–Kier alpha value is -1.30. The number of carbonyl (C=O) groups excluding carboxylic acids is 2. The molecule has 0 aliphatic heterocycles. The van der Waals surface area contributed by atoms with Crippen molar-refractivity contribution >= 4 is 27.7 Å². The van der Waals surface area contributed by atoms with Crippen molar-refractivity contribution in [2.45, 2.75) is 19.8 Å². The number of hydrogen-bond donors (Lipinski definition) is 2. The molecule has 1 aromatic heterocycles. The van der Waals surface area contributed by atoms with Crippen LogP contribution in [0.15, 0.2) is 21.2 Å². The average molecular weight is 275 g/mol. The lowest BCUT2D eigenvalue weighted by atomic mass is 10.3. The second-order valence-corrected chi connectivity index (χ2v) is 3.64. The minimum absolute atomic E-state index is 0.138. The molecule has 0 fully saturated rings. The summed E-state index contributed by atoms with van der Waals surface area (Å²) < 4.78 is 5.46. The molecule has 2 N–H and O–H groups in total. The molecule has 0 radical (unpaired) electrons. The first-order valence-corrected chi connectivity index (χ1v) is 5.27. The van der Waals surface area contributed by atoms with Crippen molar-refractivity contribution in [3.63, 3.8) is 0 Å². The van der Waals surface area contributed by atoms with Gasteiger partial charge in [-0.25, -0.2) is 0 Å². The van der Waals surface area contributed by atoms with Crippen LogP contribution in [-0.2, 0) is 4.79 Å². The molecule has 0 atom stereocenters. The first-order valence-electron chi connectivity index (χ1n) is 4.48. The van der Waals surface area contributed by atoms with E-state index in [1.54, 1.807) is 6.07 Å². The van der Waals surface area contributed by atoms with Gasteiger partial charge in [0.05, 0.1) is 0 Å². The zero-order valence-electron chi connectivity index (χ0n) is 8.17. The predicted octanol–water partition coefficient (Wildman–Crippen LogP) is 1.60. The summed E-state index contributed by atoms with van der Waals surface area (Å²) in [5.41, 5.74) is 4.52. The third-order valence-corrected chi connectivity index (χ3v) is 2.02. The van der Waals surface area contributed by atoms with Crippen LogP contribution in [0.3, 0.4) is 0 Å². The second kappa shape index (κ2) is 5.55. The molecule has 82 valence electrons. The zero-order chi connectivity index (χ0) is 11.3. The quantitative estimate of drug-likeness (QED) is 0.823. The van der Waals surface area contributed by atoms with Gasteiger partial charge in [-0.05, 0) is 34.5 Å². The Morgan fingerprint density at radius 3 is 2.67 bits per heavy atom. The molecule has 5 nitrogen and oxygen atoms in total. The minimum atomic E-state index is -0.481. The molecule has 1 heterocycles. The van der Waals surface area contributed by atoms with E-state index < -0.39 is 5.91 Å². The van der Waals surface area contributed by atoms with Crippen LogP contribution in [0, 0.1) is 0 Å². The van der Waals surface area contributed by atoms with Crippen LogP contribution in [-0.4, -0.2) is 11.8 Å². The fourth-order valence-electron chi connectivity index (χ4n) is 0.914. The third-order valence-electron chi connectivity index (χ3n) is 1.59. The van der Waals surface area contributed by atoms with Crippen LogP contribution in [0.4, 0.5) is 0 Å². The Balaban J connectivity index is 2.40. The van der Waals surface area contributed by atoms with Crippen LogP contribution in [0.1, 0.15) is 30.3 Å². The van der Waals surface area contributed by atoms with Gasteiger partial charge in [0.2, 0.25) is 5.91 Å². The van der Waals surface area contributed by atoms with E-state index in [1.807, 2.05) is 6.92 Å². The van der Waals surface area contributed by atoms with Gasteiger partial charge in [0.15, 0.2) is 10.4 Å². The largest absolute Gasteiger partial charge is 0.444 e. The standard InChI is InChI=1S/C9H11BrN2O3/c1-2-3-8(13)11-12-9(14)6-4-5-7(10)15-6/h4-5H,2-3H2,1H3,(H,11,13)(H,12,14). The number of hydrogen-bond acceptors (Lipinski definition) is 3. The minimum Gasteiger partial charge on any atom is -0.444 e. The van der Waals surface area contributed by atoms with Gasteiger partial charge in [-0.1, -0.05) is 6.92 Å². The van der Waals surface area contributed by atoms with Gasteiger partial charge < -0.3 is 4.42 Å². The molecule has 0 aliphatic rings.